The largest absolute Gasteiger partial charge is 0.489 e. The number of nitriles is 1. The van der Waals surface area contributed by atoms with Gasteiger partial charge in [-0.1, -0.05) is 72.3 Å². The van der Waals surface area contributed by atoms with Crippen LogP contribution in [0.2, 0.25) is 5.02 Å². The fourth-order valence-electron chi connectivity index (χ4n) is 6.43. The molecule has 0 aromatic heterocycles. The second-order valence-electron chi connectivity index (χ2n) is 12.9. The number of nitrogens with zero attached hydrogens (tertiary/aromatic N) is 1. The number of ether oxygens (including phenoxy) is 3. The van der Waals surface area contributed by atoms with E-state index in [1.807, 2.05) is 84.9 Å². The molecule has 5 aromatic rings. The normalized spacial score (nSPS) is 16.1. The van der Waals surface area contributed by atoms with E-state index in [-0.39, 0.29) is 30.6 Å². The Kier molecular flexibility index (Phi) is 11.8. The standard InChI is InChI=1S/C42H35ClN4O6.ClH/c1-51-42(50)37(18-25-2-8-28(9-3-25)29-10-4-26(22-44)5-11-29)47-40(48)36-20-31-19-35-38(21-32(31)23-45-36)53-39(41(49)46-35)30-12-16-34(17-13-30)52-24-27-6-14-33(43)15-7-27;/h2-17,19,21,36-37,39,45H,18,20,23-24H2,1H3,(H,46,49)(H,47,48);1H/t36?,37-,39-;/m0./s1. The predicted octanol–water partition coefficient (Wildman–Crippen LogP) is 6.87. The van der Waals surface area contributed by atoms with Crippen LogP contribution in [0.1, 0.15) is 39.5 Å². The number of hydrogen-bond acceptors (Lipinski definition) is 8. The third-order valence-electron chi connectivity index (χ3n) is 9.37. The van der Waals surface area contributed by atoms with Crippen molar-refractivity contribution in [3.05, 3.63) is 148 Å². The number of esters is 1. The van der Waals surface area contributed by atoms with Gasteiger partial charge in [-0.15, -0.1) is 12.4 Å². The van der Waals surface area contributed by atoms with Gasteiger partial charge >= 0.3 is 5.97 Å². The Hall–Kier alpha value is -5.86. The SMILES string of the molecule is COC(=O)[C@H](Cc1ccc(-c2ccc(C#N)cc2)cc1)NC(=O)C1Cc2cc3c(cc2CN1)O[C@@H](c1ccc(OCc2ccc(Cl)cc2)cc1)C(=O)N3.Cl. The summed E-state index contributed by atoms with van der Waals surface area (Å²) in [5, 5.41) is 18.9. The molecule has 0 fully saturated rings. The highest BCUT2D eigenvalue weighted by molar-refractivity contribution is 6.30. The van der Waals surface area contributed by atoms with Gasteiger partial charge in [0.15, 0.2) is 0 Å². The van der Waals surface area contributed by atoms with E-state index in [4.69, 9.17) is 31.1 Å². The van der Waals surface area contributed by atoms with Gasteiger partial charge in [-0.3, -0.25) is 9.59 Å². The Morgan fingerprint density at radius 2 is 1.59 bits per heavy atom. The van der Waals surface area contributed by atoms with Gasteiger partial charge < -0.3 is 30.2 Å². The van der Waals surface area contributed by atoms with Crippen LogP contribution in [0.5, 0.6) is 11.5 Å². The Bertz CT molecular complexity index is 2190. The maximum atomic E-state index is 13.5. The summed E-state index contributed by atoms with van der Waals surface area (Å²) in [6.07, 6.45) is -0.256. The van der Waals surface area contributed by atoms with Crippen LogP contribution in [-0.2, 0) is 45.1 Å². The molecule has 2 aliphatic heterocycles. The van der Waals surface area contributed by atoms with Gasteiger partial charge in [-0.25, -0.2) is 4.79 Å². The Balaban J connectivity index is 0.00000497. The first-order valence-corrected chi connectivity index (χ1v) is 17.5. The average molecular weight is 764 g/mol. The van der Waals surface area contributed by atoms with Gasteiger partial charge in [-0.2, -0.15) is 5.26 Å². The molecule has 54 heavy (non-hydrogen) atoms. The van der Waals surface area contributed by atoms with Gasteiger partial charge in [0.1, 0.15) is 24.1 Å². The fourth-order valence-corrected chi connectivity index (χ4v) is 6.55. The number of amides is 2. The maximum absolute atomic E-state index is 13.5. The topological polar surface area (TPSA) is 139 Å². The van der Waals surface area contributed by atoms with E-state index in [9.17, 15) is 14.4 Å². The number of nitrogens with one attached hydrogen (secondary N) is 3. The van der Waals surface area contributed by atoms with Crippen LogP contribution in [0.3, 0.4) is 0 Å². The molecule has 3 N–H and O–H groups in total. The molecule has 0 radical (unpaired) electrons. The highest BCUT2D eigenvalue weighted by Crippen LogP contribution is 2.38. The van der Waals surface area contributed by atoms with Crippen LogP contribution in [0.15, 0.2) is 109 Å². The van der Waals surface area contributed by atoms with Crippen LogP contribution in [-0.4, -0.2) is 37.0 Å². The molecule has 3 atom stereocenters. The lowest BCUT2D eigenvalue weighted by Gasteiger charge is -2.31. The summed E-state index contributed by atoms with van der Waals surface area (Å²) in [6, 6.07) is 34.0. The molecular formula is C42H36Cl2N4O6. The summed E-state index contributed by atoms with van der Waals surface area (Å²) >= 11 is 5.96. The molecule has 0 saturated carbocycles. The number of fused-ring (bicyclic) bond motifs is 2. The van der Waals surface area contributed by atoms with Crippen molar-refractivity contribution < 1.29 is 28.6 Å². The minimum atomic E-state index is -0.895. The van der Waals surface area contributed by atoms with Gasteiger partial charge in [0.05, 0.1) is 30.5 Å². The van der Waals surface area contributed by atoms with Crippen LogP contribution in [0.25, 0.3) is 11.1 Å². The zero-order valence-electron chi connectivity index (χ0n) is 29.1. The second-order valence-corrected chi connectivity index (χ2v) is 13.3. The molecule has 1 unspecified atom stereocenters. The Morgan fingerprint density at radius 1 is 0.926 bits per heavy atom. The van der Waals surface area contributed by atoms with Crippen molar-refractivity contribution in [2.75, 3.05) is 12.4 Å². The highest BCUT2D eigenvalue weighted by atomic mass is 35.5. The number of carbonyl (C=O) groups is 3. The van der Waals surface area contributed by atoms with Crippen molar-refractivity contribution >= 4 is 47.5 Å². The highest BCUT2D eigenvalue weighted by Gasteiger charge is 2.33. The monoisotopic (exact) mass is 762 g/mol. The summed E-state index contributed by atoms with van der Waals surface area (Å²) in [7, 11) is 1.29. The summed E-state index contributed by atoms with van der Waals surface area (Å²) in [5.74, 6) is 0.0124. The third-order valence-corrected chi connectivity index (χ3v) is 9.62. The minimum Gasteiger partial charge on any atom is -0.489 e. The van der Waals surface area contributed by atoms with E-state index >= 15 is 0 Å². The smallest absolute Gasteiger partial charge is 0.328 e. The average Bonchev–Trinajstić information content (AvgIpc) is 3.19. The lowest BCUT2D eigenvalue weighted by molar-refractivity contribution is -0.145. The van der Waals surface area contributed by atoms with Gasteiger partial charge in [0, 0.05) is 23.6 Å². The van der Waals surface area contributed by atoms with Gasteiger partial charge in [0.25, 0.3) is 5.91 Å². The molecule has 2 heterocycles. The van der Waals surface area contributed by atoms with Crippen LogP contribution < -0.4 is 25.4 Å². The molecule has 0 bridgehead atoms. The summed E-state index contributed by atoms with van der Waals surface area (Å²) < 4.78 is 17.1. The quantitative estimate of drug-likeness (QED) is 0.131. The first-order chi connectivity index (χ1) is 25.8. The lowest BCUT2D eigenvalue weighted by atomic mass is 9.93. The van der Waals surface area contributed by atoms with E-state index in [2.05, 4.69) is 22.0 Å². The van der Waals surface area contributed by atoms with Crippen molar-refractivity contribution in [1.29, 1.82) is 5.26 Å². The molecule has 12 heteroatoms. The Labute approximate surface area is 323 Å². The van der Waals surface area contributed by atoms with Crippen molar-refractivity contribution in [1.82, 2.24) is 10.6 Å². The third kappa shape index (κ3) is 8.67. The molecule has 7 rings (SSSR count). The number of benzene rings is 5. The molecular weight excluding hydrogens is 727 g/mol. The molecule has 5 aromatic carbocycles. The van der Waals surface area contributed by atoms with Crippen LogP contribution in [0, 0.1) is 11.3 Å². The number of carbonyl (C=O) groups excluding carboxylic acids is 3. The number of anilines is 1. The Morgan fingerprint density at radius 3 is 2.26 bits per heavy atom. The van der Waals surface area contributed by atoms with E-state index in [1.165, 1.54) is 7.11 Å². The number of rotatable bonds is 10. The van der Waals surface area contributed by atoms with E-state index in [0.717, 1.165) is 33.4 Å². The zero-order valence-corrected chi connectivity index (χ0v) is 30.7. The fraction of sp³-hybridized carbons (Fsp3) is 0.190. The second kappa shape index (κ2) is 16.9. The summed E-state index contributed by atoms with van der Waals surface area (Å²) in [4.78, 5) is 39.5. The summed E-state index contributed by atoms with van der Waals surface area (Å²) in [6.45, 7) is 0.775. The maximum Gasteiger partial charge on any atom is 0.328 e. The van der Waals surface area contributed by atoms with Gasteiger partial charge in [0.2, 0.25) is 12.0 Å². The molecule has 0 saturated heterocycles. The number of hydrogen-bond donors (Lipinski definition) is 3. The summed E-state index contributed by atoms with van der Waals surface area (Å²) in [5.41, 5.74) is 7.40. The van der Waals surface area contributed by atoms with E-state index in [1.54, 1.807) is 24.3 Å². The van der Waals surface area contributed by atoms with Crippen molar-refractivity contribution in [2.45, 2.75) is 44.2 Å². The van der Waals surface area contributed by atoms with Crippen molar-refractivity contribution in [3.63, 3.8) is 0 Å². The number of halogens is 2. The molecule has 0 spiro atoms. The number of methoxy groups -OCH3 is 1. The molecule has 10 nitrogen and oxygen atoms in total. The van der Waals surface area contributed by atoms with Crippen molar-refractivity contribution in [3.8, 4) is 28.7 Å². The van der Waals surface area contributed by atoms with E-state index in [0.29, 0.717) is 52.9 Å². The van der Waals surface area contributed by atoms with Crippen LogP contribution in [0.4, 0.5) is 5.69 Å². The first kappa shape index (κ1) is 37.9. The zero-order chi connectivity index (χ0) is 36.9. The lowest BCUT2D eigenvalue weighted by Crippen LogP contribution is -2.53. The van der Waals surface area contributed by atoms with Crippen LogP contribution >= 0.6 is 24.0 Å². The predicted molar refractivity (Wildman–Crippen MR) is 206 cm³/mol. The minimum absolute atomic E-state index is 0. The first-order valence-electron chi connectivity index (χ1n) is 17.1. The molecule has 274 valence electrons. The van der Waals surface area contributed by atoms with E-state index < -0.39 is 24.2 Å². The molecule has 0 aliphatic carbocycles. The molecule has 2 amide bonds. The van der Waals surface area contributed by atoms with Gasteiger partial charge in [-0.05, 0) is 88.3 Å². The molecule has 2 aliphatic rings. The van der Waals surface area contributed by atoms with Crippen molar-refractivity contribution in [2.24, 2.45) is 0 Å².